The second kappa shape index (κ2) is 19.2. The average Bonchev–Trinajstić information content (AvgIpc) is 3.27. The molecule has 3 saturated heterocycles. The van der Waals surface area contributed by atoms with Crippen LogP contribution in [0.1, 0.15) is 55.2 Å². The van der Waals surface area contributed by atoms with E-state index < -0.39 is 42.3 Å². The van der Waals surface area contributed by atoms with Gasteiger partial charge in [-0.2, -0.15) is 4.98 Å². The molecule has 2 aromatic heterocycles. The van der Waals surface area contributed by atoms with Crippen LogP contribution in [0.2, 0.25) is 0 Å². The number of halogens is 4. The molecule has 3 aliphatic heterocycles. The molecule has 5 heterocycles. The predicted octanol–water partition coefficient (Wildman–Crippen LogP) is 7.86. The first kappa shape index (κ1) is 45.5. The maximum absolute atomic E-state index is 15.1. The summed E-state index contributed by atoms with van der Waals surface area (Å²) in [6.07, 6.45) is 6.57. The van der Waals surface area contributed by atoms with Crippen LogP contribution in [0.4, 0.5) is 42.0 Å². The quantitative estimate of drug-likeness (QED) is 0.0781. The third kappa shape index (κ3) is 9.77. The molecule has 2 amide bonds. The Morgan fingerprint density at radius 2 is 1.64 bits per heavy atom. The Hall–Kier alpha value is -5.09. The molecule has 3 aromatic carbocycles. The van der Waals surface area contributed by atoms with Crippen molar-refractivity contribution in [3.8, 4) is 5.75 Å². The third-order valence-corrected chi connectivity index (χ3v) is 14.7. The number of amides is 2. The SMILES string of the molecule is CCc1cc(Nc2ncc(Br)c(Nc3cnc4c(F)cccc4c3P(C)(C)=O)n2)c(OC)cc1N1CCC(N2CCN(CCc3cc(F)c(C4CCC(=O)NC4=O)c(F)c3)CC2)CC1. The zero-order valence-electron chi connectivity index (χ0n) is 36.3. The third-order valence-electron chi connectivity index (χ3n) is 12.6. The fourth-order valence-corrected chi connectivity index (χ4v) is 11.0. The van der Waals surface area contributed by atoms with Crippen LogP contribution in [0, 0.1) is 17.5 Å². The van der Waals surface area contributed by atoms with E-state index in [1.165, 1.54) is 24.4 Å². The Morgan fingerprint density at radius 1 is 0.906 bits per heavy atom. The monoisotopic (exact) mass is 961 g/mol. The number of fused-ring (bicyclic) bond motifs is 1. The van der Waals surface area contributed by atoms with Crippen molar-refractivity contribution in [3.63, 3.8) is 0 Å². The zero-order valence-corrected chi connectivity index (χ0v) is 38.8. The van der Waals surface area contributed by atoms with Gasteiger partial charge in [0.1, 0.15) is 41.7 Å². The number of carbonyl (C=O) groups is 2. The number of nitrogens with zero attached hydrogens (tertiary/aromatic N) is 6. The lowest BCUT2D eigenvalue weighted by Crippen LogP contribution is -2.53. The fourth-order valence-electron chi connectivity index (χ4n) is 9.26. The lowest BCUT2D eigenvalue weighted by molar-refractivity contribution is -0.134. The van der Waals surface area contributed by atoms with Gasteiger partial charge in [-0.25, -0.2) is 18.2 Å². The summed E-state index contributed by atoms with van der Waals surface area (Å²) >= 11 is 3.54. The van der Waals surface area contributed by atoms with Crippen molar-refractivity contribution < 1.29 is 32.1 Å². The van der Waals surface area contributed by atoms with Crippen molar-refractivity contribution in [1.29, 1.82) is 0 Å². The molecule has 3 aliphatic rings. The molecule has 13 nitrogen and oxygen atoms in total. The van der Waals surface area contributed by atoms with Crippen molar-refractivity contribution in [1.82, 2.24) is 30.1 Å². The number of rotatable bonds is 13. The minimum absolute atomic E-state index is 0.0584. The minimum atomic E-state index is -2.91. The van der Waals surface area contributed by atoms with Gasteiger partial charge in [0.05, 0.1) is 35.1 Å². The average molecular weight is 963 g/mol. The topological polar surface area (TPSA) is 145 Å². The summed E-state index contributed by atoms with van der Waals surface area (Å²) in [5, 5.41) is 9.75. The van der Waals surface area contributed by atoms with Gasteiger partial charge in [0, 0.05) is 92.5 Å². The normalized spacial score (nSPS) is 18.1. The lowest BCUT2D eigenvalue weighted by Gasteiger charge is -2.43. The van der Waals surface area contributed by atoms with Gasteiger partial charge >= 0.3 is 0 Å². The van der Waals surface area contributed by atoms with E-state index in [9.17, 15) is 18.5 Å². The highest BCUT2D eigenvalue weighted by Crippen LogP contribution is 2.42. The smallest absolute Gasteiger partial charge is 0.234 e. The number of piperidine rings is 2. The number of piperazine rings is 1. The highest BCUT2D eigenvalue weighted by atomic mass is 79.9. The van der Waals surface area contributed by atoms with Crippen molar-refractivity contribution >= 4 is 79.9 Å². The first-order valence-electron chi connectivity index (χ1n) is 21.6. The van der Waals surface area contributed by atoms with Crippen LogP contribution in [-0.2, 0) is 27.0 Å². The van der Waals surface area contributed by atoms with Crippen LogP contribution in [-0.4, -0.2) is 109 Å². The van der Waals surface area contributed by atoms with Crippen LogP contribution in [0.5, 0.6) is 5.75 Å². The molecule has 0 radical (unpaired) electrons. The van der Waals surface area contributed by atoms with Gasteiger partial charge in [-0.15, -0.1) is 0 Å². The molecule has 3 fully saturated rings. The van der Waals surface area contributed by atoms with Crippen LogP contribution < -0.4 is 30.9 Å². The number of pyridine rings is 1. The summed E-state index contributed by atoms with van der Waals surface area (Å²) in [4.78, 5) is 44.7. The number of aromatic nitrogens is 3. The predicted molar refractivity (Wildman–Crippen MR) is 248 cm³/mol. The van der Waals surface area contributed by atoms with E-state index in [-0.39, 0.29) is 23.9 Å². The largest absolute Gasteiger partial charge is 0.494 e. The van der Waals surface area contributed by atoms with Gasteiger partial charge in [0.15, 0.2) is 0 Å². The van der Waals surface area contributed by atoms with Gasteiger partial charge in [0.25, 0.3) is 0 Å². The number of anilines is 5. The van der Waals surface area contributed by atoms with Gasteiger partial charge in [0.2, 0.25) is 17.8 Å². The zero-order chi connectivity index (χ0) is 45.3. The summed E-state index contributed by atoms with van der Waals surface area (Å²) < 4.78 is 64.9. The number of nitrogens with one attached hydrogen (secondary N) is 3. The molecule has 5 aromatic rings. The summed E-state index contributed by atoms with van der Waals surface area (Å²) in [5.74, 6) is -2.69. The molecule has 0 aliphatic carbocycles. The Bertz CT molecular complexity index is 2610. The highest BCUT2D eigenvalue weighted by molar-refractivity contribution is 9.10. The van der Waals surface area contributed by atoms with Crippen LogP contribution >= 0.6 is 23.1 Å². The Kier molecular flexibility index (Phi) is 13.6. The fraction of sp³-hybridized carbons (Fsp3) is 0.413. The van der Waals surface area contributed by atoms with Crippen molar-refractivity contribution in [2.75, 3.05) is 81.8 Å². The van der Waals surface area contributed by atoms with Gasteiger partial charge in [-0.1, -0.05) is 19.1 Å². The number of aryl methyl sites for hydroxylation is 1. The summed E-state index contributed by atoms with van der Waals surface area (Å²) in [6.45, 7) is 11.5. The number of hydrogen-bond acceptors (Lipinski definition) is 12. The molecular weight excluding hydrogens is 910 g/mol. The second-order valence-corrected chi connectivity index (χ2v) is 21.0. The van der Waals surface area contributed by atoms with E-state index in [0.29, 0.717) is 68.6 Å². The van der Waals surface area contributed by atoms with Crippen molar-refractivity contribution in [2.24, 2.45) is 0 Å². The van der Waals surface area contributed by atoms with E-state index in [0.717, 1.165) is 69.8 Å². The molecular formula is C46H52BrF3N9O4P. The van der Waals surface area contributed by atoms with E-state index in [2.05, 4.69) is 75.6 Å². The molecule has 0 spiro atoms. The molecule has 1 atom stereocenters. The standard InChI is InChI=1S/C46H52BrF3N9O4P/c1-5-28-23-36(54-46-52-25-32(47)44(56-46)53-37-26-51-42-31(7-6-8-33(42)48)43(37)64(3,4)62)39(63-2)24-38(28)59-15-12-29(13-16-59)58-19-17-57(18-20-58)14-11-27-21-34(49)41(35(50)22-27)30-9-10-40(60)55-45(30)61/h6-8,21-26,29-30H,5,9-20H2,1-4H3,(H,55,60,61)(H2,52,53,54,56). The lowest BCUT2D eigenvalue weighted by atomic mass is 9.89. The van der Waals surface area contributed by atoms with Gasteiger partial charge in [-0.3, -0.25) is 24.8 Å². The van der Waals surface area contributed by atoms with Crippen LogP contribution in [0.25, 0.3) is 10.9 Å². The van der Waals surface area contributed by atoms with Crippen molar-refractivity contribution in [3.05, 3.63) is 93.5 Å². The van der Waals surface area contributed by atoms with Crippen LogP contribution in [0.3, 0.4) is 0 Å². The van der Waals surface area contributed by atoms with E-state index in [1.54, 1.807) is 38.8 Å². The summed E-state index contributed by atoms with van der Waals surface area (Å²) in [5.41, 5.74) is 3.89. The molecule has 64 heavy (non-hydrogen) atoms. The second-order valence-electron chi connectivity index (χ2n) is 17.0. The molecule has 1 unspecified atom stereocenters. The number of para-hydroxylation sites is 1. The number of ether oxygens (including phenoxy) is 1. The minimum Gasteiger partial charge on any atom is -0.494 e. The van der Waals surface area contributed by atoms with Crippen LogP contribution in [0.15, 0.2) is 59.3 Å². The molecule has 0 saturated carbocycles. The van der Waals surface area contributed by atoms with E-state index in [4.69, 9.17) is 9.72 Å². The number of benzene rings is 3. The summed E-state index contributed by atoms with van der Waals surface area (Å²) in [6, 6.07) is 11.9. The maximum atomic E-state index is 15.1. The number of hydrogen-bond donors (Lipinski definition) is 3. The molecule has 8 rings (SSSR count). The van der Waals surface area contributed by atoms with Gasteiger partial charge < -0.3 is 29.7 Å². The van der Waals surface area contributed by atoms with Gasteiger partial charge in [-0.05, 0) is 96.8 Å². The highest BCUT2D eigenvalue weighted by Gasteiger charge is 2.33. The van der Waals surface area contributed by atoms with E-state index >= 15 is 8.78 Å². The Labute approximate surface area is 379 Å². The number of imide groups is 1. The summed E-state index contributed by atoms with van der Waals surface area (Å²) in [7, 11) is -1.27. The molecule has 338 valence electrons. The number of methoxy groups -OCH3 is 1. The number of carbonyl (C=O) groups excluding carboxylic acids is 2. The molecule has 18 heteroatoms. The Morgan fingerprint density at radius 3 is 2.31 bits per heavy atom. The van der Waals surface area contributed by atoms with E-state index in [1.807, 2.05) is 0 Å². The first-order chi connectivity index (χ1) is 30.7. The molecule has 3 N–H and O–H groups in total. The van der Waals surface area contributed by atoms with Crippen molar-refractivity contribution in [2.45, 2.75) is 57.4 Å². The maximum Gasteiger partial charge on any atom is 0.234 e. The first-order valence-corrected chi connectivity index (χ1v) is 25.0. The molecule has 0 bridgehead atoms. The Balaban J connectivity index is 0.873.